The summed E-state index contributed by atoms with van der Waals surface area (Å²) in [6.45, 7) is 0.868. The van der Waals surface area contributed by atoms with Crippen LogP contribution in [0.25, 0.3) is 21.6 Å². The van der Waals surface area contributed by atoms with Gasteiger partial charge in [0.25, 0.3) is 5.91 Å². The van der Waals surface area contributed by atoms with Crippen LogP contribution in [-0.4, -0.2) is 44.4 Å². The molecule has 0 atom stereocenters. The number of fused-ring (bicyclic) bond motifs is 1. The highest BCUT2D eigenvalue weighted by atomic mass is 32.1. The quantitative estimate of drug-likeness (QED) is 0.658. The molecule has 2 aromatic heterocycles. The number of para-hydroxylation sites is 1. The Hall–Kier alpha value is -2.22. The average Bonchev–Trinajstić information content (AvgIpc) is 3.20. The van der Waals surface area contributed by atoms with E-state index in [4.69, 9.17) is 0 Å². The molecule has 0 unspecified atom stereocenters. The predicted molar refractivity (Wildman–Crippen MR) is 94.1 cm³/mol. The fourth-order valence-electron chi connectivity index (χ4n) is 2.46. The average molecular weight is 345 g/mol. The number of benzene rings is 1. The van der Waals surface area contributed by atoms with Crippen LogP contribution < -0.4 is 5.32 Å². The van der Waals surface area contributed by atoms with Crippen molar-refractivity contribution in [3.63, 3.8) is 0 Å². The molecule has 2 heterocycles. The molecule has 0 bridgehead atoms. The standard InChI is InChI=1S/C17H19N3O3S/c1-17(9-21,10-22)19-15(23)12-8-24-16(18-12)14-7-11-5-3-4-6-13(11)20(14)2/h3-8,21-22H,9-10H2,1-2H3,(H,19,23). The van der Waals surface area contributed by atoms with E-state index in [1.807, 2.05) is 41.9 Å². The number of aryl methyl sites for hydroxylation is 1. The highest BCUT2D eigenvalue weighted by Crippen LogP contribution is 2.29. The molecule has 0 saturated heterocycles. The minimum atomic E-state index is -1.07. The van der Waals surface area contributed by atoms with Crippen LogP contribution in [0.15, 0.2) is 35.7 Å². The zero-order valence-corrected chi connectivity index (χ0v) is 14.3. The maximum Gasteiger partial charge on any atom is 0.271 e. The first-order valence-corrected chi connectivity index (χ1v) is 8.40. The van der Waals surface area contributed by atoms with E-state index < -0.39 is 11.4 Å². The number of aromatic nitrogens is 2. The molecule has 0 spiro atoms. The lowest BCUT2D eigenvalue weighted by Crippen LogP contribution is -2.51. The molecule has 6 nitrogen and oxygen atoms in total. The van der Waals surface area contributed by atoms with Crippen LogP contribution in [0.3, 0.4) is 0 Å². The van der Waals surface area contributed by atoms with Gasteiger partial charge >= 0.3 is 0 Å². The second kappa shape index (κ2) is 6.35. The first-order valence-electron chi connectivity index (χ1n) is 7.52. The normalized spacial score (nSPS) is 11.8. The highest BCUT2D eigenvalue weighted by molar-refractivity contribution is 7.13. The van der Waals surface area contributed by atoms with E-state index in [0.29, 0.717) is 0 Å². The number of aliphatic hydroxyl groups excluding tert-OH is 2. The van der Waals surface area contributed by atoms with Crippen molar-refractivity contribution in [3.8, 4) is 10.7 Å². The van der Waals surface area contributed by atoms with Crippen molar-refractivity contribution in [1.82, 2.24) is 14.9 Å². The van der Waals surface area contributed by atoms with Crippen LogP contribution in [0.1, 0.15) is 17.4 Å². The second-order valence-corrected chi connectivity index (χ2v) is 6.87. The number of carbonyl (C=O) groups is 1. The van der Waals surface area contributed by atoms with Gasteiger partial charge in [0.2, 0.25) is 0 Å². The molecule has 0 aliphatic carbocycles. The van der Waals surface area contributed by atoms with Crippen molar-refractivity contribution in [3.05, 3.63) is 41.4 Å². The number of rotatable bonds is 5. The Morgan fingerprint density at radius 3 is 2.71 bits per heavy atom. The van der Waals surface area contributed by atoms with E-state index in [0.717, 1.165) is 21.6 Å². The van der Waals surface area contributed by atoms with E-state index in [1.165, 1.54) is 11.3 Å². The van der Waals surface area contributed by atoms with Crippen molar-refractivity contribution < 1.29 is 15.0 Å². The summed E-state index contributed by atoms with van der Waals surface area (Å²) in [7, 11) is 1.97. The summed E-state index contributed by atoms with van der Waals surface area (Å²) in [5.74, 6) is -0.415. The number of hydrogen-bond acceptors (Lipinski definition) is 5. The Bertz CT molecular complexity index is 880. The van der Waals surface area contributed by atoms with Gasteiger partial charge in [-0.1, -0.05) is 18.2 Å². The highest BCUT2D eigenvalue weighted by Gasteiger charge is 2.26. The number of nitrogens with zero attached hydrogens (tertiary/aromatic N) is 2. The van der Waals surface area contributed by atoms with Crippen LogP contribution in [0.2, 0.25) is 0 Å². The van der Waals surface area contributed by atoms with Crippen molar-refractivity contribution in [2.45, 2.75) is 12.5 Å². The number of aliphatic hydroxyl groups is 2. The van der Waals surface area contributed by atoms with Gasteiger partial charge in [-0.05, 0) is 19.1 Å². The summed E-state index contributed by atoms with van der Waals surface area (Å²) in [6, 6.07) is 10.1. The van der Waals surface area contributed by atoms with E-state index in [1.54, 1.807) is 12.3 Å². The maximum atomic E-state index is 12.3. The molecule has 0 fully saturated rings. The fraction of sp³-hybridized carbons (Fsp3) is 0.294. The van der Waals surface area contributed by atoms with Gasteiger partial charge in [0.1, 0.15) is 10.7 Å². The SMILES string of the molecule is Cn1c(-c2nc(C(=O)NC(C)(CO)CO)cs2)cc2ccccc21. The fourth-order valence-corrected chi connectivity index (χ4v) is 3.31. The molecule has 0 aliphatic rings. The summed E-state index contributed by atoms with van der Waals surface area (Å²) in [4.78, 5) is 16.7. The molecule has 24 heavy (non-hydrogen) atoms. The molecule has 126 valence electrons. The summed E-state index contributed by atoms with van der Waals surface area (Å²) < 4.78 is 2.04. The molecule has 1 amide bonds. The van der Waals surface area contributed by atoms with Gasteiger partial charge in [-0.2, -0.15) is 0 Å². The molecular formula is C17H19N3O3S. The van der Waals surface area contributed by atoms with Gasteiger partial charge in [-0.15, -0.1) is 11.3 Å². The van der Waals surface area contributed by atoms with Gasteiger partial charge in [-0.3, -0.25) is 4.79 Å². The molecule has 0 radical (unpaired) electrons. The molecule has 1 aromatic carbocycles. The number of amides is 1. The van der Waals surface area contributed by atoms with Crippen LogP contribution >= 0.6 is 11.3 Å². The largest absolute Gasteiger partial charge is 0.394 e. The van der Waals surface area contributed by atoms with Crippen molar-refractivity contribution in [2.24, 2.45) is 7.05 Å². The molecule has 3 N–H and O–H groups in total. The van der Waals surface area contributed by atoms with Gasteiger partial charge < -0.3 is 20.1 Å². The smallest absolute Gasteiger partial charge is 0.271 e. The molecule has 7 heteroatoms. The topological polar surface area (TPSA) is 87.4 Å². The van der Waals surface area contributed by atoms with Crippen molar-refractivity contribution in [2.75, 3.05) is 13.2 Å². The minimum absolute atomic E-state index is 0.272. The Morgan fingerprint density at radius 1 is 1.33 bits per heavy atom. The van der Waals surface area contributed by atoms with E-state index >= 15 is 0 Å². The third kappa shape index (κ3) is 2.93. The Balaban J connectivity index is 1.90. The van der Waals surface area contributed by atoms with Crippen LogP contribution in [0.5, 0.6) is 0 Å². The number of carbonyl (C=O) groups excluding carboxylic acids is 1. The summed E-state index contributed by atoms with van der Waals surface area (Å²) in [6.07, 6.45) is 0. The van der Waals surface area contributed by atoms with Crippen LogP contribution in [0.4, 0.5) is 0 Å². The van der Waals surface area contributed by atoms with Gasteiger partial charge in [0.15, 0.2) is 0 Å². The number of nitrogens with one attached hydrogen (secondary N) is 1. The van der Waals surface area contributed by atoms with E-state index in [2.05, 4.69) is 10.3 Å². The van der Waals surface area contributed by atoms with Gasteiger partial charge in [-0.25, -0.2) is 4.98 Å². The van der Waals surface area contributed by atoms with Crippen LogP contribution in [0, 0.1) is 0 Å². The zero-order chi connectivity index (χ0) is 17.3. The number of thiazole rings is 1. The lowest BCUT2D eigenvalue weighted by atomic mass is 10.1. The Labute approximate surface area is 143 Å². The summed E-state index contributed by atoms with van der Waals surface area (Å²) in [5, 5.41) is 24.7. The molecule has 0 saturated carbocycles. The van der Waals surface area contributed by atoms with Gasteiger partial charge in [0.05, 0.1) is 24.4 Å². The lowest BCUT2D eigenvalue weighted by molar-refractivity contribution is 0.0720. The molecule has 3 aromatic rings. The van der Waals surface area contributed by atoms with Gasteiger partial charge in [0, 0.05) is 23.3 Å². The minimum Gasteiger partial charge on any atom is -0.394 e. The molecule has 3 rings (SSSR count). The van der Waals surface area contributed by atoms with E-state index in [-0.39, 0.29) is 18.9 Å². The lowest BCUT2D eigenvalue weighted by Gasteiger charge is -2.25. The van der Waals surface area contributed by atoms with Crippen LogP contribution in [-0.2, 0) is 7.05 Å². The number of hydrogen-bond donors (Lipinski definition) is 3. The molecule has 0 aliphatic heterocycles. The third-order valence-electron chi connectivity index (χ3n) is 4.02. The van der Waals surface area contributed by atoms with Crippen molar-refractivity contribution in [1.29, 1.82) is 0 Å². The predicted octanol–water partition coefficient (Wildman–Crippen LogP) is 1.77. The Kier molecular flexibility index (Phi) is 4.40. The van der Waals surface area contributed by atoms with E-state index in [9.17, 15) is 15.0 Å². The third-order valence-corrected chi connectivity index (χ3v) is 4.89. The Morgan fingerprint density at radius 2 is 2.04 bits per heavy atom. The molecular weight excluding hydrogens is 326 g/mol. The maximum absolute atomic E-state index is 12.3. The second-order valence-electron chi connectivity index (χ2n) is 6.02. The first-order chi connectivity index (χ1) is 11.5. The summed E-state index contributed by atoms with van der Waals surface area (Å²) >= 11 is 1.38. The van der Waals surface area contributed by atoms with Crippen molar-refractivity contribution >= 4 is 28.1 Å². The monoisotopic (exact) mass is 345 g/mol. The summed E-state index contributed by atoms with van der Waals surface area (Å²) in [5.41, 5.74) is 1.24. The zero-order valence-electron chi connectivity index (χ0n) is 13.5. The first kappa shape index (κ1) is 16.6.